The summed E-state index contributed by atoms with van der Waals surface area (Å²) in [5.74, 6) is -1.95. The van der Waals surface area contributed by atoms with Crippen molar-refractivity contribution < 1.29 is 24.3 Å². The first-order valence-electron chi connectivity index (χ1n) is 14.0. The number of benzene rings is 1. The zero-order chi connectivity index (χ0) is 29.8. The Kier molecular flexibility index (Phi) is 13.3. The van der Waals surface area contributed by atoms with Crippen LogP contribution in [0.1, 0.15) is 93.8 Å². The molecule has 3 N–H and O–H groups in total. The van der Waals surface area contributed by atoms with E-state index in [-0.39, 0.29) is 35.9 Å². The first-order chi connectivity index (χ1) is 18.9. The van der Waals surface area contributed by atoms with Crippen LogP contribution >= 0.6 is 11.3 Å². The molecule has 0 unspecified atom stereocenters. The number of nitrogens with zero attached hydrogens (tertiary/aromatic N) is 2. The maximum absolute atomic E-state index is 13.2. The van der Waals surface area contributed by atoms with Crippen LogP contribution in [-0.4, -0.2) is 57.8 Å². The van der Waals surface area contributed by atoms with Crippen molar-refractivity contribution in [3.8, 4) is 0 Å². The number of hydrogen-bond acceptors (Lipinski definition) is 6. The van der Waals surface area contributed by atoms with Crippen molar-refractivity contribution >= 4 is 35.0 Å². The van der Waals surface area contributed by atoms with Gasteiger partial charge < -0.3 is 20.6 Å². The summed E-state index contributed by atoms with van der Waals surface area (Å²) in [6.45, 7) is 9.20. The molecule has 2 rings (SSSR count). The highest BCUT2D eigenvalue weighted by atomic mass is 32.1. The van der Waals surface area contributed by atoms with Crippen molar-refractivity contribution in [3.63, 3.8) is 0 Å². The summed E-state index contributed by atoms with van der Waals surface area (Å²) in [6, 6.07) is 8.61. The predicted molar refractivity (Wildman–Crippen MR) is 157 cm³/mol. The molecule has 0 saturated heterocycles. The second-order valence-corrected chi connectivity index (χ2v) is 11.7. The molecule has 1 aromatic heterocycles. The molecule has 2 aromatic rings. The fourth-order valence-corrected chi connectivity index (χ4v) is 5.57. The summed E-state index contributed by atoms with van der Waals surface area (Å²) in [6.07, 6.45) is 3.47. The predicted octanol–water partition coefficient (Wildman–Crippen LogP) is 4.84. The minimum atomic E-state index is -0.917. The number of carbonyl (C=O) groups excluding carboxylic acids is 3. The van der Waals surface area contributed by atoms with Gasteiger partial charge in [0, 0.05) is 37.9 Å². The summed E-state index contributed by atoms with van der Waals surface area (Å²) >= 11 is 1.28. The molecule has 40 heavy (non-hydrogen) atoms. The topological polar surface area (TPSA) is 129 Å². The minimum absolute atomic E-state index is 0.0707. The van der Waals surface area contributed by atoms with Gasteiger partial charge in [0.2, 0.25) is 11.8 Å². The molecule has 0 saturated carbocycles. The van der Waals surface area contributed by atoms with Crippen molar-refractivity contribution in [2.45, 2.75) is 91.3 Å². The van der Waals surface area contributed by atoms with E-state index in [4.69, 9.17) is 0 Å². The van der Waals surface area contributed by atoms with Crippen molar-refractivity contribution in [3.05, 3.63) is 52.0 Å². The molecule has 1 heterocycles. The SMILES string of the molecule is CCCCC(=O)N(C)[C@H](C[C@@H](NC(C)=O)c1nc(C(=O)N[C@@H](Cc2ccccc2)C[C@H](C)C(=O)O)cs1)C(C)C. The van der Waals surface area contributed by atoms with Crippen molar-refractivity contribution in [1.82, 2.24) is 20.5 Å². The lowest BCUT2D eigenvalue weighted by Crippen LogP contribution is -2.43. The van der Waals surface area contributed by atoms with E-state index < -0.39 is 29.9 Å². The average molecular weight is 573 g/mol. The van der Waals surface area contributed by atoms with E-state index in [1.54, 1.807) is 24.3 Å². The molecule has 0 radical (unpaired) electrons. The lowest BCUT2D eigenvalue weighted by atomic mass is 9.95. The number of hydrogen-bond donors (Lipinski definition) is 3. The smallest absolute Gasteiger partial charge is 0.306 e. The van der Waals surface area contributed by atoms with Gasteiger partial charge >= 0.3 is 5.97 Å². The van der Waals surface area contributed by atoms with E-state index in [0.29, 0.717) is 24.3 Å². The zero-order valence-corrected chi connectivity index (χ0v) is 25.3. The van der Waals surface area contributed by atoms with E-state index in [1.165, 1.54) is 18.3 Å². The van der Waals surface area contributed by atoms with E-state index in [9.17, 15) is 24.3 Å². The molecule has 0 bridgehead atoms. The Morgan fingerprint density at radius 2 is 1.73 bits per heavy atom. The van der Waals surface area contributed by atoms with E-state index in [0.717, 1.165) is 18.4 Å². The van der Waals surface area contributed by atoms with Gasteiger partial charge in [-0.2, -0.15) is 0 Å². The average Bonchev–Trinajstić information content (AvgIpc) is 3.40. The van der Waals surface area contributed by atoms with Gasteiger partial charge in [-0.15, -0.1) is 11.3 Å². The normalized spacial score (nSPS) is 14.2. The molecular formula is C30H44N4O5S. The first kappa shape index (κ1) is 32.9. The number of aromatic nitrogens is 1. The fourth-order valence-electron chi connectivity index (χ4n) is 4.71. The molecule has 0 aliphatic heterocycles. The van der Waals surface area contributed by atoms with Crippen molar-refractivity contribution in [2.24, 2.45) is 11.8 Å². The summed E-state index contributed by atoms with van der Waals surface area (Å²) in [7, 11) is 1.80. The molecule has 220 valence electrons. The Hall–Kier alpha value is -3.27. The molecular weight excluding hydrogens is 528 g/mol. The van der Waals surface area contributed by atoms with Crippen LogP contribution in [0.15, 0.2) is 35.7 Å². The maximum Gasteiger partial charge on any atom is 0.306 e. The summed E-state index contributed by atoms with van der Waals surface area (Å²) in [5.41, 5.74) is 1.21. The van der Waals surface area contributed by atoms with Crippen LogP contribution in [0.4, 0.5) is 0 Å². The molecule has 3 amide bonds. The third kappa shape index (κ3) is 10.4. The standard InChI is InChI=1S/C30H44N4O5S/c1-7-8-14-27(36)34(6)26(19(2)3)17-24(31-21(5)35)29-33-25(18-40-29)28(37)32-23(15-20(4)30(38)39)16-22-12-10-9-11-13-22/h9-13,18-20,23-24,26H,7-8,14-17H2,1-6H3,(H,31,35)(H,32,37)(H,38,39)/t20-,23+,24+,26+/m0/s1. The maximum atomic E-state index is 13.2. The number of carbonyl (C=O) groups is 4. The number of aliphatic carboxylic acids is 1. The molecule has 4 atom stereocenters. The zero-order valence-electron chi connectivity index (χ0n) is 24.5. The van der Waals surface area contributed by atoms with Gasteiger partial charge in [-0.3, -0.25) is 19.2 Å². The second-order valence-electron chi connectivity index (χ2n) is 10.8. The van der Waals surface area contributed by atoms with Crippen LogP contribution in [-0.2, 0) is 20.8 Å². The summed E-state index contributed by atoms with van der Waals surface area (Å²) in [5, 5.41) is 17.6. The Labute approximate surface area is 241 Å². The van der Waals surface area contributed by atoms with Crippen LogP contribution in [0.25, 0.3) is 0 Å². The third-order valence-electron chi connectivity index (χ3n) is 7.03. The second kappa shape index (κ2) is 16.1. The molecule has 0 aliphatic carbocycles. The Morgan fingerprint density at radius 1 is 1.05 bits per heavy atom. The van der Waals surface area contributed by atoms with E-state index in [1.807, 2.05) is 51.1 Å². The summed E-state index contributed by atoms with van der Waals surface area (Å²) in [4.78, 5) is 55.9. The Morgan fingerprint density at radius 3 is 2.30 bits per heavy atom. The number of nitrogens with one attached hydrogen (secondary N) is 2. The van der Waals surface area contributed by atoms with Crippen LogP contribution in [0.2, 0.25) is 0 Å². The lowest BCUT2D eigenvalue weighted by molar-refractivity contribution is -0.141. The monoisotopic (exact) mass is 572 g/mol. The van der Waals surface area contributed by atoms with Gasteiger partial charge in [0.15, 0.2) is 0 Å². The number of carboxylic acids is 1. The number of thiazole rings is 1. The summed E-state index contributed by atoms with van der Waals surface area (Å²) < 4.78 is 0. The van der Waals surface area contributed by atoms with Gasteiger partial charge in [0.1, 0.15) is 10.7 Å². The molecule has 9 nitrogen and oxygen atoms in total. The largest absolute Gasteiger partial charge is 0.481 e. The Balaban J connectivity index is 2.23. The van der Waals surface area contributed by atoms with Gasteiger partial charge in [0.05, 0.1) is 12.0 Å². The highest BCUT2D eigenvalue weighted by molar-refractivity contribution is 7.09. The Bertz CT molecular complexity index is 1120. The molecule has 1 aromatic carbocycles. The number of amides is 3. The van der Waals surface area contributed by atoms with Gasteiger partial charge in [-0.1, -0.05) is 64.4 Å². The third-order valence-corrected chi connectivity index (χ3v) is 7.99. The van der Waals surface area contributed by atoms with Crippen molar-refractivity contribution in [2.75, 3.05) is 7.05 Å². The fraction of sp³-hybridized carbons (Fsp3) is 0.567. The minimum Gasteiger partial charge on any atom is -0.481 e. The van der Waals surface area contributed by atoms with Crippen LogP contribution in [0, 0.1) is 11.8 Å². The van der Waals surface area contributed by atoms with Crippen molar-refractivity contribution in [1.29, 1.82) is 0 Å². The quantitative estimate of drug-likeness (QED) is 0.264. The number of carboxylic acid groups (broad SMARTS) is 1. The van der Waals surface area contributed by atoms with Gasteiger partial charge in [-0.05, 0) is 37.2 Å². The molecule has 0 aliphatic rings. The molecule has 0 spiro atoms. The van der Waals surface area contributed by atoms with E-state index in [2.05, 4.69) is 15.6 Å². The number of unbranched alkanes of at least 4 members (excludes halogenated alkanes) is 1. The highest BCUT2D eigenvalue weighted by Crippen LogP contribution is 2.28. The van der Waals surface area contributed by atoms with Crippen LogP contribution in [0.3, 0.4) is 0 Å². The number of rotatable bonds is 16. The molecule has 10 heteroatoms. The van der Waals surface area contributed by atoms with E-state index >= 15 is 0 Å². The highest BCUT2D eigenvalue weighted by Gasteiger charge is 2.30. The molecule has 0 fully saturated rings. The van der Waals surface area contributed by atoms with Crippen LogP contribution in [0.5, 0.6) is 0 Å². The van der Waals surface area contributed by atoms with Crippen LogP contribution < -0.4 is 10.6 Å². The lowest BCUT2D eigenvalue weighted by Gasteiger charge is -2.34. The van der Waals surface area contributed by atoms with Gasteiger partial charge in [0.25, 0.3) is 5.91 Å². The van der Waals surface area contributed by atoms with Gasteiger partial charge in [-0.25, -0.2) is 4.98 Å². The first-order valence-corrected chi connectivity index (χ1v) is 14.9.